The summed E-state index contributed by atoms with van der Waals surface area (Å²) in [5.74, 6) is 0.280. The molecular weight excluding hydrogens is 338 g/mol. The molecule has 2 aromatic rings. The number of nitriles is 1. The molecule has 100 valence electrons. The highest BCUT2D eigenvalue weighted by Gasteiger charge is 2.13. The predicted molar refractivity (Wildman–Crippen MR) is 82.9 cm³/mol. The highest BCUT2D eigenvalue weighted by Crippen LogP contribution is 2.23. The van der Waals surface area contributed by atoms with Gasteiger partial charge in [0.1, 0.15) is 17.4 Å². The molecule has 0 saturated carbocycles. The highest BCUT2D eigenvalue weighted by molar-refractivity contribution is 9.10. The second-order valence-corrected chi connectivity index (χ2v) is 5.76. The first-order chi connectivity index (χ1) is 9.63. The second kappa shape index (κ2) is 6.51. The summed E-state index contributed by atoms with van der Waals surface area (Å²) in [7, 11) is 1.54. The van der Waals surface area contributed by atoms with Gasteiger partial charge in [-0.05, 0) is 40.2 Å². The van der Waals surface area contributed by atoms with Crippen molar-refractivity contribution in [3.63, 3.8) is 0 Å². The molecule has 0 N–H and O–H groups in total. The van der Waals surface area contributed by atoms with Gasteiger partial charge >= 0.3 is 0 Å². The number of hydrogen-bond donors (Lipinski definition) is 0. The molecule has 0 aliphatic rings. The average Bonchev–Trinajstić information content (AvgIpc) is 2.89. The maximum Gasteiger partial charge on any atom is 0.203 e. The number of carbonyl (C=O) groups is 1. The van der Waals surface area contributed by atoms with Crippen LogP contribution in [0.1, 0.15) is 15.2 Å². The fourth-order valence-corrected chi connectivity index (χ4v) is 2.99. The molecule has 1 aromatic heterocycles. The van der Waals surface area contributed by atoms with Crippen LogP contribution in [0.25, 0.3) is 6.08 Å². The van der Waals surface area contributed by atoms with Crippen molar-refractivity contribution in [1.29, 1.82) is 5.26 Å². The number of ether oxygens (including phenoxy) is 1. The number of ketones is 1. The van der Waals surface area contributed by atoms with Crippen LogP contribution in [-0.2, 0) is 0 Å². The minimum Gasteiger partial charge on any atom is -0.497 e. The van der Waals surface area contributed by atoms with Crippen LogP contribution in [0.5, 0.6) is 5.75 Å². The summed E-state index contributed by atoms with van der Waals surface area (Å²) in [4.78, 5) is 13.2. The van der Waals surface area contributed by atoms with E-state index in [9.17, 15) is 10.1 Å². The van der Waals surface area contributed by atoms with E-state index < -0.39 is 0 Å². The van der Waals surface area contributed by atoms with Gasteiger partial charge in [0.2, 0.25) is 5.78 Å². The zero-order valence-corrected chi connectivity index (χ0v) is 13.0. The number of Topliss-reactive ketones (excluding diaryl/α,β-unsaturated/α-hetero) is 1. The third kappa shape index (κ3) is 3.35. The molecule has 0 bridgehead atoms. The summed E-state index contributed by atoms with van der Waals surface area (Å²) >= 11 is 4.80. The van der Waals surface area contributed by atoms with Crippen LogP contribution in [0, 0.1) is 11.3 Å². The molecule has 0 fully saturated rings. The Bertz CT molecular complexity index is 713. The lowest BCUT2D eigenvalue weighted by molar-refractivity contribution is 0.103. The van der Waals surface area contributed by atoms with Gasteiger partial charge in [-0.1, -0.05) is 12.1 Å². The molecule has 0 unspecified atom stereocenters. The first kappa shape index (κ1) is 14.5. The van der Waals surface area contributed by atoms with Gasteiger partial charge in [0.25, 0.3) is 0 Å². The number of thiophene rings is 1. The number of nitrogens with zero attached hydrogens (tertiary/aromatic N) is 1. The van der Waals surface area contributed by atoms with Crippen molar-refractivity contribution in [2.45, 2.75) is 0 Å². The van der Waals surface area contributed by atoms with E-state index in [2.05, 4.69) is 15.9 Å². The topological polar surface area (TPSA) is 50.1 Å². The van der Waals surface area contributed by atoms with E-state index in [1.54, 1.807) is 30.3 Å². The average molecular weight is 348 g/mol. The van der Waals surface area contributed by atoms with Crippen molar-refractivity contribution in [2.75, 3.05) is 7.11 Å². The lowest BCUT2D eigenvalue weighted by Gasteiger charge is -2.02. The van der Waals surface area contributed by atoms with Gasteiger partial charge in [0.15, 0.2) is 0 Å². The predicted octanol–water partition coefficient (Wildman–Crippen LogP) is 4.31. The van der Waals surface area contributed by atoms with Crippen LogP contribution in [0.4, 0.5) is 0 Å². The van der Waals surface area contributed by atoms with Crippen molar-refractivity contribution in [2.24, 2.45) is 0 Å². The number of methoxy groups -OCH3 is 1. The maximum atomic E-state index is 12.3. The highest BCUT2D eigenvalue weighted by atomic mass is 79.9. The summed E-state index contributed by atoms with van der Waals surface area (Å²) in [6, 6.07) is 10.6. The molecular formula is C15H10BrNO2S. The van der Waals surface area contributed by atoms with Gasteiger partial charge in [-0.3, -0.25) is 4.79 Å². The van der Waals surface area contributed by atoms with Gasteiger partial charge in [0, 0.05) is 20.3 Å². The molecule has 0 spiro atoms. The lowest BCUT2D eigenvalue weighted by Crippen LogP contribution is -2.02. The summed E-state index contributed by atoms with van der Waals surface area (Å²) < 4.78 is 6.01. The smallest absolute Gasteiger partial charge is 0.203 e. The molecule has 0 saturated heterocycles. The Labute approximate surface area is 129 Å². The Kier molecular flexibility index (Phi) is 4.72. The van der Waals surface area contributed by atoms with Gasteiger partial charge in [-0.15, -0.1) is 11.3 Å². The Morgan fingerprint density at radius 3 is 2.85 bits per heavy atom. The van der Waals surface area contributed by atoms with Gasteiger partial charge in [-0.2, -0.15) is 5.26 Å². The Hall–Kier alpha value is -1.90. The molecule has 1 heterocycles. The maximum absolute atomic E-state index is 12.3. The van der Waals surface area contributed by atoms with Crippen LogP contribution < -0.4 is 4.74 Å². The van der Waals surface area contributed by atoms with Crippen molar-refractivity contribution < 1.29 is 9.53 Å². The van der Waals surface area contributed by atoms with Crippen molar-refractivity contribution in [3.05, 3.63) is 56.2 Å². The standard InChI is InChI=1S/C15H10BrNO2S/c1-19-13-4-2-3-10(5-13)15(18)11(8-17)6-14-7-12(16)9-20-14/h2-7,9H,1H3. The van der Waals surface area contributed by atoms with E-state index >= 15 is 0 Å². The van der Waals surface area contributed by atoms with Crippen LogP contribution in [0.3, 0.4) is 0 Å². The number of allylic oxidation sites excluding steroid dienone is 1. The number of halogens is 1. The zero-order chi connectivity index (χ0) is 14.5. The van der Waals surface area contributed by atoms with Crippen LogP contribution >= 0.6 is 27.3 Å². The summed E-state index contributed by atoms with van der Waals surface area (Å²) in [6.07, 6.45) is 1.59. The van der Waals surface area contributed by atoms with E-state index in [1.807, 2.05) is 17.5 Å². The normalized spacial score (nSPS) is 10.9. The molecule has 20 heavy (non-hydrogen) atoms. The fraction of sp³-hybridized carbons (Fsp3) is 0.0667. The lowest BCUT2D eigenvalue weighted by atomic mass is 10.0. The van der Waals surface area contributed by atoms with Crippen molar-refractivity contribution >= 4 is 39.1 Å². The van der Waals surface area contributed by atoms with E-state index in [-0.39, 0.29) is 11.4 Å². The molecule has 3 nitrogen and oxygen atoms in total. The molecule has 0 amide bonds. The van der Waals surface area contributed by atoms with Gasteiger partial charge in [-0.25, -0.2) is 0 Å². The van der Waals surface area contributed by atoms with E-state index in [4.69, 9.17) is 4.74 Å². The quantitative estimate of drug-likeness (QED) is 0.470. The molecule has 0 radical (unpaired) electrons. The summed E-state index contributed by atoms with van der Waals surface area (Å²) in [5, 5.41) is 11.1. The van der Waals surface area contributed by atoms with Crippen LogP contribution in [-0.4, -0.2) is 12.9 Å². The molecule has 1 aromatic carbocycles. The van der Waals surface area contributed by atoms with Gasteiger partial charge < -0.3 is 4.74 Å². The number of rotatable bonds is 4. The summed E-state index contributed by atoms with van der Waals surface area (Å²) in [5.41, 5.74) is 0.542. The SMILES string of the molecule is COc1cccc(C(=O)C(C#N)=Cc2cc(Br)cs2)c1. The van der Waals surface area contributed by atoms with Crippen LogP contribution in [0.2, 0.25) is 0 Å². The molecule has 5 heteroatoms. The van der Waals surface area contributed by atoms with E-state index in [1.165, 1.54) is 18.4 Å². The largest absolute Gasteiger partial charge is 0.497 e. The third-order valence-corrected chi connectivity index (χ3v) is 4.21. The molecule has 0 aliphatic heterocycles. The van der Waals surface area contributed by atoms with E-state index in [0.717, 1.165) is 9.35 Å². The zero-order valence-electron chi connectivity index (χ0n) is 10.6. The van der Waals surface area contributed by atoms with Gasteiger partial charge in [0.05, 0.1) is 7.11 Å². The molecule has 2 rings (SSSR count). The van der Waals surface area contributed by atoms with Crippen molar-refractivity contribution in [1.82, 2.24) is 0 Å². The minimum atomic E-state index is -0.309. The monoisotopic (exact) mass is 347 g/mol. The minimum absolute atomic E-state index is 0.104. The first-order valence-electron chi connectivity index (χ1n) is 5.68. The number of benzene rings is 1. The Morgan fingerprint density at radius 2 is 2.25 bits per heavy atom. The third-order valence-electron chi connectivity index (χ3n) is 2.57. The Morgan fingerprint density at radius 1 is 1.45 bits per heavy atom. The number of carbonyl (C=O) groups excluding carboxylic acids is 1. The first-order valence-corrected chi connectivity index (χ1v) is 7.36. The van der Waals surface area contributed by atoms with E-state index in [0.29, 0.717) is 11.3 Å². The second-order valence-electron chi connectivity index (χ2n) is 3.90. The molecule has 0 atom stereocenters. The Balaban J connectivity index is 2.34. The van der Waals surface area contributed by atoms with Crippen molar-refractivity contribution in [3.8, 4) is 11.8 Å². The number of hydrogen-bond acceptors (Lipinski definition) is 4. The molecule has 0 aliphatic carbocycles. The fourth-order valence-electron chi connectivity index (χ4n) is 1.61. The van der Waals surface area contributed by atoms with Crippen LogP contribution in [0.15, 0.2) is 45.8 Å². The summed E-state index contributed by atoms with van der Waals surface area (Å²) in [6.45, 7) is 0.